The number of methoxy groups -OCH3 is 1. The number of nitrogens with one attached hydrogen (secondary N) is 3. The Morgan fingerprint density at radius 2 is 1.87 bits per heavy atom. The molecule has 0 spiro atoms. The quantitative estimate of drug-likeness (QED) is 0.609. The van der Waals surface area contributed by atoms with Gasteiger partial charge in [-0.2, -0.15) is 0 Å². The van der Waals surface area contributed by atoms with E-state index in [1.807, 2.05) is 6.07 Å². The van der Waals surface area contributed by atoms with Crippen LogP contribution in [-0.4, -0.2) is 32.0 Å². The lowest BCUT2D eigenvalue weighted by Gasteiger charge is -2.28. The Balaban J connectivity index is 0.00000320. The first-order valence-electron chi connectivity index (χ1n) is 10.1. The van der Waals surface area contributed by atoms with Crippen LogP contribution in [0.4, 0.5) is 11.4 Å². The summed E-state index contributed by atoms with van der Waals surface area (Å²) in [6, 6.07) is 14.2. The summed E-state index contributed by atoms with van der Waals surface area (Å²) in [4.78, 5) is 25.3. The predicted molar refractivity (Wildman–Crippen MR) is 123 cm³/mol. The molecule has 0 aromatic heterocycles. The molecule has 7 heteroatoms. The number of hydrogen-bond acceptors (Lipinski definition) is 4. The Hall–Kier alpha value is -2.57. The van der Waals surface area contributed by atoms with Crippen LogP contribution in [0, 0.1) is 11.8 Å². The van der Waals surface area contributed by atoms with Gasteiger partial charge in [-0.1, -0.05) is 19.1 Å². The van der Waals surface area contributed by atoms with Crippen molar-refractivity contribution in [1.29, 1.82) is 0 Å². The van der Waals surface area contributed by atoms with Gasteiger partial charge in [0.1, 0.15) is 5.75 Å². The zero-order valence-electron chi connectivity index (χ0n) is 17.4. The Bertz CT molecular complexity index is 836. The van der Waals surface area contributed by atoms with Crippen LogP contribution < -0.4 is 20.7 Å². The molecular weight excluding hydrogens is 402 g/mol. The zero-order chi connectivity index (χ0) is 20.6. The van der Waals surface area contributed by atoms with Gasteiger partial charge < -0.3 is 20.7 Å². The van der Waals surface area contributed by atoms with Crippen molar-refractivity contribution in [2.45, 2.75) is 26.2 Å². The number of rotatable bonds is 7. The summed E-state index contributed by atoms with van der Waals surface area (Å²) in [6.07, 6.45) is 2.76. The van der Waals surface area contributed by atoms with Crippen molar-refractivity contribution in [1.82, 2.24) is 5.32 Å². The first-order chi connectivity index (χ1) is 14.1. The third kappa shape index (κ3) is 6.47. The van der Waals surface area contributed by atoms with Gasteiger partial charge in [0.15, 0.2) is 0 Å². The second kappa shape index (κ2) is 11.6. The molecule has 1 aliphatic rings. The van der Waals surface area contributed by atoms with Gasteiger partial charge in [-0.15, -0.1) is 12.4 Å². The lowest BCUT2D eigenvalue weighted by molar-refractivity contribution is -0.117. The van der Waals surface area contributed by atoms with E-state index in [1.165, 1.54) is 0 Å². The highest BCUT2D eigenvalue weighted by Crippen LogP contribution is 2.24. The molecule has 0 saturated carbocycles. The molecule has 3 N–H and O–H groups in total. The SMILES string of the molecule is COc1ccc(NC(=O)c2ccccc2NC(=O)CC(C)C2CCCNC2)cc1.Cl. The molecule has 6 nitrogen and oxygen atoms in total. The Morgan fingerprint density at radius 1 is 1.13 bits per heavy atom. The maximum Gasteiger partial charge on any atom is 0.257 e. The minimum absolute atomic E-state index is 0. The van der Waals surface area contributed by atoms with E-state index in [9.17, 15) is 9.59 Å². The van der Waals surface area contributed by atoms with Crippen molar-refractivity contribution in [3.05, 3.63) is 54.1 Å². The van der Waals surface area contributed by atoms with E-state index in [4.69, 9.17) is 4.74 Å². The molecule has 30 heavy (non-hydrogen) atoms. The van der Waals surface area contributed by atoms with Crippen LogP contribution in [0.15, 0.2) is 48.5 Å². The highest BCUT2D eigenvalue weighted by molar-refractivity contribution is 6.10. The number of anilines is 2. The minimum atomic E-state index is -0.268. The predicted octanol–water partition coefficient (Wildman–Crippen LogP) is 4.33. The molecule has 2 amide bonds. The summed E-state index contributed by atoms with van der Waals surface area (Å²) in [5.74, 6) is 1.20. The molecule has 1 fully saturated rings. The standard InChI is InChI=1S/C23H29N3O3.ClH/c1-16(17-6-5-13-24-15-17)14-22(27)26-21-8-4-3-7-20(21)23(28)25-18-9-11-19(29-2)12-10-18;/h3-4,7-12,16-17,24H,5-6,13-15H2,1-2H3,(H,25,28)(H,26,27);1H. The third-order valence-corrected chi connectivity index (χ3v) is 5.44. The van der Waals surface area contributed by atoms with Crippen LogP contribution in [0.2, 0.25) is 0 Å². The van der Waals surface area contributed by atoms with E-state index >= 15 is 0 Å². The van der Waals surface area contributed by atoms with Gasteiger partial charge in [-0.25, -0.2) is 0 Å². The van der Waals surface area contributed by atoms with Crippen molar-refractivity contribution in [3.8, 4) is 5.75 Å². The van der Waals surface area contributed by atoms with Crippen molar-refractivity contribution < 1.29 is 14.3 Å². The zero-order valence-corrected chi connectivity index (χ0v) is 18.3. The van der Waals surface area contributed by atoms with Crippen molar-refractivity contribution in [3.63, 3.8) is 0 Å². The molecule has 1 heterocycles. The van der Waals surface area contributed by atoms with E-state index in [1.54, 1.807) is 49.6 Å². The summed E-state index contributed by atoms with van der Waals surface area (Å²) in [7, 11) is 1.60. The normalized spacial score (nSPS) is 16.7. The summed E-state index contributed by atoms with van der Waals surface area (Å²) >= 11 is 0. The summed E-state index contributed by atoms with van der Waals surface area (Å²) in [5.41, 5.74) is 1.62. The van der Waals surface area contributed by atoms with Crippen LogP contribution in [0.5, 0.6) is 5.75 Å². The van der Waals surface area contributed by atoms with Crippen LogP contribution in [0.25, 0.3) is 0 Å². The molecule has 0 bridgehead atoms. The lowest BCUT2D eigenvalue weighted by Crippen LogP contribution is -2.34. The van der Waals surface area contributed by atoms with Gasteiger partial charge >= 0.3 is 0 Å². The van der Waals surface area contributed by atoms with Crippen LogP contribution in [0.1, 0.15) is 36.5 Å². The lowest BCUT2D eigenvalue weighted by atomic mass is 9.85. The molecule has 2 unspecified atom stereocenters. The Kier molecular flexibility index (Phi) is 9.15. The van der Waals surface area contributed by atoms with Gasteiger partial charge in [0.25, 0.3) is 5.91 Å². The first kappa shape index (κ1) is 23.7. The highest BCUT2D eigenvalue weighted by Gasteiger charge is 2.22. The Labute approximate surface area is 184 Å². The van der Waals surface area contributed by atoms with Gasteiger partial charge in [-0.05, 0) is 74.2 Å². The number of benzene rings is 2. The number of ether oxygens (including phenoxy) is 1. The molecule has 1 aliphatic heterocycles. The Morgan fingerprint density at radius 3 is 2.53 bits per heavy atom. The van der Waals surface area contributed by atoms with E-state index in [2.05, 4.69) is 22.9 Å². The van der Waals surface area contributed by atoms with Crippen molar-refractivity contribution >= 4 is 35.6 Å². The maximum absolute atomic E-state index is 12.7. The largest absolute Gasteiger partial charge is 0.497 e. The number of carbonyl (C=O) groups is 2. The second-order valence-electron chi connectivity index (χ2n) is 7.56. The van der Waals surface area contributed by atoms with Crippen LogP contribution in [0.3, 0.4) is 0 Å². The van der Waals surface area contributed by atoms with E-state index in [0.29, 0.717) is 35.2 Å². The van der Waals surface area contributed by atoms with Gasteiger partial charge in [-0.3, -0.25) is 9.59 Å². The summed E-state index contributed by atoms with van der Waals surface area (Å²) < 4.78 is 5.13. The molecule has 2 aromatic carbocycles. The fourth-order valence-electron chi connectivity index (χ4n) is 3.69. The van der Waals surface area contributed by atoms with Gasteiger partial charge in [0.2, 0.25) is 5.91 Å². The maximum atomic E-state index is 12.7. The fourth-order valence-corrected chi connectivity index (χ4v) is 3.69. The number of amides is 2. The molecule has 3 rings (SSSR count). The number of piperidine rings is 1. The average Bonchev–Trinajstić information content (AvgIpc) is 2.75. The van der Waals surface area contributed by atoms with Crippen molar-refractivity contribution in [2.75, 3.05) is 30.8 Å². The monoisotopic (exact) mass is 431 g/mol. The van der Waals surface area contributed by atoms with Crippen LogP contribution >= 0.6 is 12.4 Å². The second-order valence-corrected chi connectivity index (χ2v) is 7.56. The third-order valence-electron chi connectivity index (χ3n) is 5.44. The number of carbonyl (C=O) groups excluding carboxylic acids is 2. The molecule has 1 saturated heterocycles. The van der Waals surface area contributed by atoms with Crippen molar-refractivity contribution in [2.24, 2.45) is 11.8 Å². The van der Waals surface area contributed by atoms with Gasteiger partial charge in [0, 0.05) is 12.1 Å². The van der Waals surface area contributed by atoms with E-state index < -0.39 is 0 Å². The fraction of sp³-hybridized carbons (Fsp3) is 0.391. The highest BCUT2D eigenvalue weighted by atomic mass is 35.5. The summed E-state index contributed by atoms with van der Waals surface area (Å²) in [5, 5.41) is 9.19. The molecule has 162 valence electrons. The first-order valence-corrected chi connectivity index (χ1v) is 10.1. The molecule has 0 aliphatic carbocycles. The smallest absolute Gasteiger partial charge is 0.257 e. The topological polar surface area (TPSA) is 79.5 Å². The number of hydrogen-bond donors (Lipinski definition) is 3. The van der Waals surface area contributed by atoms with Gasteiger partial charge in [0.05, 0.1) is 18.4 Å². The molecule has 2 aromatic rings. The molecule has 2 atom stereocenters. The van der Waals surface area contributed by atoms with E-state index in [0.717, 1.165) is 31.7 Å². The number of halogens is 1. The average molecular weight is 432 g/mol. The van der Waals surface area contributed by atoms with Crippen LogP contribution in [-0.2, 0) is 4.79 Å². The minimum Gasteiger partial charge on any atom is -0.497 e. The molecule has 0 radical (unpaired) electrons. The molecular formula is C23H30ClN3O3. The van der Waals surface area contributed by atoms with E-state index in [-0.39, 0.29) is 24.2 Å². The number of para-hydroxylation sites is 1. The summed E-state index contributed by atoms with van der Waals surface area (Å²) in [6.45, 7) is 4.15.